The lowest BCUT2D eigenvalue weighted by Gasteiger charge is -1.99. The number of rotatable bonds is 5. The molecular weight excluding hydrogens is 282 g/mol. The fourth-order valence-electron chi connectivity index (χ4n) is 1.67. The Balaban J connectivity index is 2.37. The summed E-state index contributed by atoms with van der Waals surface area (Å²) < 4.78 is 23.6. The minimum absolute atomic E-state index is 0.0321. The van der Waals surface area contributed by atoms with Crippen LogP contribution >= 0.6 is 0 Å². The number of hydrogen-bond acceptors (Lipinski definition) is 5. The quantitative estimate of drug-likeness (QED) is 0.870. The van der Waals surface area contributed by atoms with E-state index in [4.69, 9.17) is 0 Å². The summed E-state index contributed by atoms with van der Waals surface area (Å²) in [6.07, 6.45) is 5.54. The van der Waals surface area contributed by atoms with Crippen molar-refractivity contribution in [3.8, 4) is 11.3 Å². The number of aromatic carboxylic acids is 1. The van der Waals surface area contributed by atoms with E-state index in [1.54, 1.807) is 12.1 Å². The van der Waals surface area contributed by atoms with Crippen molar-refractivity contribution in [1.82, 2.24) is 14.8 Å². The van der Waals surface area contributed by atoms with Crippen molar-refractivity contribution >= 4 is 15.8 Å². The van der Waals surface area contributed by atoms with Gasteiger partial charge in [0.15, 0.2) is 0 Å². The minimum Gasteiger partial charge on any atom is -0.478 e. The van der Waals surface area contributed by atoms with Gasteiger partial charge in [-0.15, -0.1) is 0 Å². The summed E-state index contributed by atoms with van der Waals surface area (Å²) in [6, 6.07) is 3.30. The first-order valence-corrected chi connectivity index (χ1v) is 7.82. The first kappa shape index (κ1) is 14.2. The molecule has 0 saturated carbocycles. The zero-order valence-corrected chi connectivity index (χ0v) is 11.5. The van der Waals surface area contributed by atoms with E-state index in [1.165, 1.54) is 23.3 Å². The van der Waals surface area contributed by atoms with E-state index in [0.717, 1.165) is 6.26 Å². The molecule has 7 nitrogen and oxygen atoms in total. The smallest absolute Gasteiger partial charge is 0.339 e. The molecule has 0 radical (unpaired) electrons. The Morgan fingerprint density at radius 3 is 2.55 bits per heavy atom. The van der Waals surface area contributed by atoms with Crippen molar-refractivity contribution < 1.29 is 18.3 Å². The summed E-state index contributed by atoms with van der Waals surface area (Å²) >= 11 is 0. The highest BCUT2D eigenvalue weighted by Crippen LogP contribution is 2.21. The lowest BCUT2D eigenvalue weighted by molar-refractivity contribution is 0.0697. The van der Waals surface area contributed by atoms with Gasteiger partial charge in [0, 0.05) is 30.4 Å². The number of carboxylic acid groups (broad SMARTS) is 1. The molecule has 0 aromatic carbocycles. The Bertz CT molecular complexity index is 722. The van der Waals surface area contributed by atoms with E-state index in [9.17, 15) is 18.3 Å². The third kappa shape index (κ3) is 3.41. The molecule has 0 aliphatic rings. The zero-order chi connectivity index (χ0) is 14.8. The van der Waals surface area contributed by atoms with E-state index in [2.05, 4.69) is 10.1 Å². The molecule has 0 aliphatic heterocycles. The van der Waals surface area contributed by atoms with Crippen molar-refractivity contribution in [2.45, 2.75) is 6.54 Å². The largest absolute Gasteiger partial charge is 0.478 e. The van der Waals surface area contributed by atoms with Gasteiger partial charge in [0.2, 0.25) is 0 Å². The van der Waals surface area contributed by atoms with Crippen LogP contribution in [-0.2, 0) is 16.4 Å². The van der Waals surface area contributed by atoms with Gasteiger partial charge in [0.05, 0.1) is 12.3 Å². The number of aromatic nitrogens is 3. The molecule has 1 N–H and O–H groups in total. The molecule has 0 saturated heterocycles. The van der Waals surface area contributed by atoms with E-state index >= 15 is 0 Å². The summed E-state index contributed by atoms with van der Waals surface area (Å²) in [4.78, 5) is 15.1. The molecule has 2 aromatic heterocycles. The van der Waals surface area contributed by atoms with E-state index in [0.29, 0.717) is 11.3 Å². The second-order valence-electron chi connectivity index (χ2n) is 4.33. The maximum atomic E-state index is 11.2. The number of pyridine rings is 1. The van der Waals surface area contributed by atoms with Crippen molar-refractivity contribution in [2.75, 3.05) is 12.0 Å². The first-order valence-electron chi connectivity index (χ1n) is 5.76. The van der Waals surface area contributed by atoms with Crippen molar-refractivity contribution in [2.24, 2.45) is 0 Å². The Morgan fingerprint density at radius 2 is 2.00 bits per heavy atom. The maximum absolute atomic E-state index is 11.2. The third-order valence-corrected chi connectivity index (χ3v) is 3.56. The van der Waals surface area contributed by atoms with Crippen LogP contribution in [0, 0.1) is 0 Å². The fourth-order valence-corrected chi connectivity index (χ4v) is 2.19. The molecule has 0 amide bonds. The summed E-state index contributed by atoms with van der Waals surface area (Å²) in [5, 5.41) is 13.3. The fraction of sp³-hybridized carbons (Fsp3) is 0.250. The molecule has 20 heavy (non-hydrogen) atoms. The van der Waals surface area contributed by atoms with Crippen LogP contribution in [0.3, 0.4) is 0 Å². The molecule has 0 atom stereocenters. The molecule has 0 aliphatic carbocycles. The second kappa shape index (κ2) is 5.41. The van der Waals surface area contributed by atoms with E-state index < -0.39 is 15.8 Å². The predicted molar refractivity (Wildman–Crippen MR) is 72.1 cm³/mol. The Morgan fingerprint density at radius 1 is 1.35 bits per heavy atom. The topological polar surface area (TPSA) is 102 Å². The first-order chi connectivity index (χ1) is 9.37. The summed E-state index contributed by atoms with van der Waals surface area (Å²) in [5.74, 6) is -1.20. The van der Waals surface area contributed by atoms with Gasteiger partial charge < -0.3 is 5.11 Å². The number of nitrogens with zero attached hydrogens (tertiary/aromatic N) is 3. The predicted octanol–water partition coefficient (Wildman–Crippen LogP) is 0.688. The van der Waals surface area contributed by atoms with Gasteiger partial charge in [0.25, 0.3) is 0 Å². The standard InChI is InChI=1S/C12H13N3O4S/c1-20(18,19)7-6-15-8-10(12(16)17)11(14-15)9-2-4-13-5-3-9/h2-5,8H,6-7H2,1H3,(H,16,17). The van der Waals surface area contributed by atoms with Gasteiger partial charge >= 0.3 is 5.97 Å². The molecule has 2 rings (SSSR count). The lowest BCUT2D eigenvalue weighted by Crippen LogP contribution is -2.11. The molecule has 2 heterocycles. The molecule has 0 fully saturated rings. The van der Waals surface area contributed by atoms with Crippen LogP contribution in [0.25, 0.3) is 11.3 Å². The van der Waals surface area contributed by atoms with Crippen molar-refractivity contribution in [3.63, 3.8) is 0 Å². The maximum Gasteiger partial charge on any atom is 0.339 e. The minimum atomic E-state index is -3.13. The van der Waals surface area contributed by atoms with Crippen molar-refractivity contribution in [1.29, 1.82) is 0 Å². The van der Waals surface area contributed by atoms with E-state index in [1.807, 2.05) is 0 Å². The van der Waals surface area contributed by atoms with Crippen LogP contribution in [0.1, 0.15) is 10.4 Å². The molecule has 0 unspecified atom stereocenters. The number of aryl methyl sites for hydroxylation is 1. The van der Waals surface area contributed by atoms with Gasteiger partial charge in [-0.05, 0) is 12.1 Å². The third-order valence-electron chi connectivity index (χ3n) is 2.64. The Labute approximate surface area is 115 Å². The van der Waals surface area contributed by atoms with Gasteiger partial charge in [-0.1, -0.05) is 0 Å². The monoisotopic (exact) mass is 295 g/mol. The Hall–Kier alpha value is -2.22. The van der Waals surface area contributed by atoms with Crippen LogP contribution in [0.5, 0.6) is 0 Å². The SMILES string of the molecule is CS(=O)(=O)CCn1cc(C(=O)O)c(-c2ccncc2)n1. The number of carboxylic acids is 1. The van der Waals surface area contributed by atoms with Crippen LogP contribution in [0.2, 0.25) is 0 Å². The second-order valence-corrected chi connectivity index (χ2v) is 6.59. The molecule has 8 heteroatoms. The molecular formula is C12H13N3O4S. The van der Waals surface area contributed by atoms with E-state index in [-0.39, 0.29) is 17.9 Å². The van der Waals surface area contributed by atoms with Gasteiger partial charge in [-0.25, -0.2) is 13.2 Å². The van der Waals surface area contributed by atoms with Gasteiger partial charge in [0.1, 0.15) is 21.1 Å². The van der Waals surface area contributed by atoms with Crippen molar-refractivity contribution in [3.05, 3.63) is 36.3 Å². The summed E-state index contributed by atoms with van der Waals surface area (Å²) in [7, 11) is -3.13. The average molecular weight is 295 g/mol. The van der Waals surface area contributed by atoms with Crippen LogP contribution in [0.4, 0.5) is 0 Å². The van der Waals surface area contributed by atoms with Crippen LogP contribution < -0.4 is 0 Å². The number of hydrogen-bond donors (Lipinski definition) is 1. The summed E-state index contributed by atoms with van der Waals surface area (Å²) in [6.45, 7) is 0.115. The molecule has 0 spiro atoms. The normalized spacial score (nSPS) is 11.4. The average Bonchev–Trinajstić information content (AvgIpc) is 2.81. The Kier molecular flexibility index (Phi) is 3.84. The van der Waals surface area contributed by atoms with Crippen LogP contribution in [0.15, 0.2) is 30.7 Å². The number of sulfone groups is 1. The summed E-state index contributed by atoms with van der Waals surface area (Å²) in [5.41, 5.74) is 0.952. The highest BCUT2D eigenvalue weighted by Gasteiger charge is 2.17. The molecule has 106 valence electrons. The highest BCUT2D eigenvalue weighted by atomic mass is 32.2. The van der Waals surface area contributed by atoms with Crippen LogP contribution in [-0.4, -0.2) is 46.3 Å². The van der Waals surface area contributed by atoms with Gasteiger partial charge in [-0.3, -0.25) is 9.67 Å². The van der Waals surface area contributed by atoms with Gasteiger partial charge in [-0.2, -0.15) is 5.10 Å². The number of carbonyl (C=O) groups is 1. The lowest BCUT2D eigenvalue weighted by atomic mass is 10.1. The zero-order valence-electron chi connectivity index (χ0n) is 10.7. The molecule has 2 aromatic rings. The highest BCUT2D eigenvalue weighted by molar-refractivity contribution is 7.90. The molecule has 0 bridgehead atoms.